The quantitative estimate of drug-likeness (QED) is 0.508. The fraction of sp³-hybridized carbons (Fsp3) is 0.480. The van der Waals surface area contributed by atoms with E-state index in [1.165, 1.54) is 7.05 Å². The molecule has 0 spiro atoms. The molecule has 4 rings (SSSR count). The van der Waals surface area contributed by atoms with E-state index in [2.05, 4.69) is 0 Å². The Kier molecular flexibility index (Phi) is 7.51. The Morgan fingerprint density at radius 1 is 1.11 bits per heavy atom. The third-order valence-corrected chi connectivity index (χ3v) is 8.56. The van der Waals surface area contributed by atoms with Crippen molar-refractivity contribution >= 4 is 16.0 Å². The maximum atomic E-state index is 13.7. The lowest BCUT2D eigenvalue weighted by atomic mass is 9.87. The predicted molar refractivity (Wildman–Crippen MR) is 125 cm³/mol. The fourth-order valence-corrected chi connectivity index (χ4v) is 6.35. The minimum atomic E-state index is -4.74. The molecule has 2 aromatic rings. The molecule has 11 heteroatoms. The number of alkyl halides is 3. The SMILES string of the molecule is CN(C1CCCc2c(OCC(=O)O)cccc21)S(=O)(=O)c1cc(OC2CCCC2)cc(C(F)(F)F)c1. The Hall–Kier alpha value is -2.79. The van der Waals surface area contributed by atoms with E-state index in [-0.39, 0.29) is 11.9 Å². The van der Waals surface area contributed by atoms with Crippen molar-refractivity contribution in [3.63, 3.8) is 0 Å². The van der Waals surface area contributed by atoms with Gasteiger partial charge in [-0.15, -0.1) is 0 Å². The topological polar surface area (TPSA) is 93.1 Å². The molecule has 2 aliphatic carbocycles. The van der Waals surface area contributed by atoms with Gasteiger partial charge in [0.15, 0.2) is 6.61 Å². The first-order chi connectivity index (χ1) is 17.0. The second-order valence-electron chi connectivity index (χ2n) is 9.15. The summed E-state index contributed by atoms with van der Waals surface area (Å²) < 4.78 is 80.4. The van der Waals surface area contributed by atoms with Crippen molar-refractivity contribution < 1.29 is 41.0 Å². The van der Waals surface area contributed by atoms with E-state index in [1.807, 2.05) is 0 Å². The van der Waals surface area contributed by atoms with Crippen molar-refractivity contribution in [2.24, 2.45) is 0 Å². The molecule has 196 valence electrons. The van der Waals surface area contributed by atoms with Crippen LogP contribution >= 0.6 is 0 Å². The number of carboxylic acid groups (broad SMARTS) is 1. The molecule has 1 unspecified atom stereocenters. The summed E-state index contributed by atoms with van der Waals surface area (Å²) in [7, 11) is -3.00. The molecule has 2 aliphatic rings. The van der Waals surface area contributed by atoms with E-state index in [9.17, 15) is 26.4 Å². The number of carbonyl (C=O) groups is 1. The van der Waals surface area contributed by atoms with Crippen LogP contribution in [0.4, 0.5) is 13.2 Å². The zero-order valence-electron chi connectivity index (χ0n) is 19.8. The van der Waals surface area contributed by atoms with Gasteiger partial charge < -0.3 is 14.6 Å². The van der Waals surface area contributed by atoms with Crippen LogP contribution < -0.4 is 9.47 Å². The Labute approximate surface area is 207 Å². The number of nitrogens with zero attached hydrogens (tertiary/aromatic N) is 1. The molecule has 0 amide bonds. The van der Waals surface area contributed by atoms with Crippen molar-refractivity contribution in [1.82, 2.24) is 4.31 Å². The molecule has 0 bridgehead atoms. The Morgan fingerprint density at radius 2 is 1.83 bits per heavy atom. The molecule has 0 aliphatic heterocycles. The molecule has 1 N–H and O–H groups in total. The standard InChI is InChI=1S/C25H28F3NO6S/c1-29(22-10-4-9-21-20(22)8-5-11-23(21)34-15-24(30)31)36(32,33)19-13-16(25(26,27)28)12-18(14-19)35-17-6-2-3-7-17/h5,8,11-14,17,22H,2-4,6-7,9-10,15H2,1H3,(H,30,31). The Bertz CT molecular complexity index is 1220. The number of halogens is 3. The van der Waals surface area contributed by atoms with E-state index < -0.39 is 45.3 Å². The van der Waals surface area contributed by atoms with E-state index in [0.29, 0.717) is 55.0 Å². The maximum absolute atomic E-state index is 13.7. The van der Waals surface area contributed by atoms with Gasteiger partial charge in [-0.05, 0) is 74.3 Å². The minimum absolute atomic E-state index is 0.114. The van der Waals surface area contributed by atoms with Gasteiger partial charge in [0.05, 0.1) is 22.6 Å². The van der Waals surface area contributed by atoms with Crippen molar-refractivity contribution in [2.75, 3.05) is 13.7 Å². The fourth-order valence-electron chi connectivity index (χ4n) is 4.93. The lowest BCUT2D eigenvalue weighted by molar-refractivity contribution is -0.139. The zero-order chi connectivity index (χ0) is 26.1. The van der Waals surface area contributed by atoms with Crippen LogP contribution in [0.25, 0.3) is 0 Å². The lowest BCUT2D eigenvalue weighted by Crippen LogP contribution is -2.33. The average molecular weight is 528 g/mol. The highest BCUT2D eigenvalue weighted by Gasteiger charge is 2.37. The van der Waals surface area contributed by atoms with Crippen LogP contribution in [0.2, 0.25) is 0 Å². The monoisotopic (exact) mass is 527 g/mol. The number of carboxylic acids is 1. The van der Waals surface area contributed by atoms with Gasteiger partial charge in [0.1, 0.15) is 11.5 Å². The Morgan fingerprint density at radius 3 is 2.50 bits per heavy atom. The zero-order valence-corrected chi connectivity index (χ0v) is 20.6. The number of rotatable bonds is 8. The van der Waals surface area contributed by atoms with Gasteiger partial charge >= 0.3 is 12.1 Å². The molecule has 0 heterocycles. The predicted octanol–water partition coefficient (Wildman–Crippen LogP) is 5.19. The van der Waals surface area contributed by atoms with Crippen molar-refractivity contribution in [1.29, 1.82) is 0 Å². The largest absolute Gasteiger partial charge is 0.490 e. The van der Waals surface area contributed by atoms with Crippen LogP contribution in [0, 0.1) is 0 Å². The second-order valence-corrected chi connectivity index (χ2v) is 11.1. The summed E-state index contributed by atoms with van der Waals surface area (Å²) in [6.45, 7) is -0.538. The van der Waals surface area contributed by atoms with E-state index in [4.69, 9.17) is 14.6 Å². The van der Waals surface area contributed by atoms with Crippen LogP contribution in [-0.4, -0.2) is 43.6 Å². The summed E-state index contributed by atoms with van der Waals surface area (Å²) in [6.07, 6.45) is -0.111. The second kappa shape index (κ2) is 10.3. The first-order valence-corrected chi connectivity index (χ1v) is 13.2. The number of sulfonamides is 1. The smallest absolute Gasteiger partial charge is 0.416 e. The highest BCUT2D eigenvalue weighted by molar-refractivity contribution is 7.89. The van der Waals surface area contributed by atoms with Gasteiger partial charge in [-0.25, -0.2) is 13.2 Å². The highest BCUT2D eigenvalue weighted by atomic mass is 32.2. The summed E-state index contributed by atoms with van der Waals surface area (Å²) in [4.78, 5) is 10.4. The van der Waals surface area contributed by atoms with E-state index in [0.717, 1.165) is 29.3 Å². The Balaban J connectivity index is 1.69. The van der Waals surface area contributed by atoms with Gasteiger partial charge in [0.25, 0.3) is 0 Å². The summed E-state index contributed by atoms with van der Waals surface area (Å²) in [6, 6.07) is 7.00. The van der Waals surface area contributed by atoms with Crippen LogP contribution in [0.3, 0.4) is 0 Å². The summed E-state index contributed by atoms with van der Waals surface area (Å²) in [5.41, 5.74) is 0.259. The minimum Gasteiger partial charge on any atom is -0.490 e. The maximum Gasteiger partial charge on any atom is 0.416 e. The molecular weight excluding hydrogens is 499 g/mol. The van der Waals surface area contributed by atoms with E-state index >= 15 is 0 Å². The molecule has 0 saturated heterocycles. The van der Waals surface area contributed by atoms with Gasteiger partial charge in [0, 0.05) is 13.1 Å². The normalized spacial score (nSPS) is 18.8. The number of fused-ring (bicyclic) bond motifs is 1. The van der Waals surface area contributed by atoms with Crippen LogP contribution in [0.1, 0.15) is 61.3 Å². The summed E-state index contributed by atoms with van der Waals surface area (Å²) in [5, 5.41) is 8.94. The molecule has 1 atom stereocenters. The van der Waals surface area contributed by atoms with Gasteiger partial charge in [-0.2, -0.15) is 17.5 Å². The van der Waals surface area contributed by atoms with Gasteiger partial charge in [-0.1, -0.05) is 12.1 Å². The third kappa shape index (κ3) is 5.62. The van der Waals surface area contributed by atoms with Crippen molar-refractivity contribution in [3.05, 3.63) is 53.1 Å². The van der Waals surface area contributed by atoms with Crippen LogP contribution in [0.15, 0.2) is 41.3 Å². The molecule has 0 aromatic heterocycles. The number of benzene rings is 2. The number of hydrogen-bond acceptors (Lipinski definition) is 5. The number of ether oxygens (including phenoxy) is 2. The lowest BCUT2D eigenvalue weighted by Gasteiger charge is -2.33. The van der Waals surface area contributed by atoms with Crippen LogP contribution in [0.5, 0.6) is 11.5 Å². The summed E-state index contributed by atoms with van der Waals surface area (Å²) in [5.74, 6) is -0.895. The van der Waals surface area contributed by atoms with Crippen molar-refractivity contribution in [2.45, 2.75) is 68.2 Å². The highest BCUT2D eigenvalue weighted by Crippen LogP contribution is 2.41. The first kappa shape index (κ1) is 26.3. The number of hydrogen-bond donors (Lipinski definition) is 1. The molecule has 36 heavy (non-hydrogen) atoms. The molecule has 1 fully saturated rings. The summed E-state index contributed by atoms with van der Waals surface area (Å²) >= 11 is 0. The van der Waals surface area contributed by atoms with E-state index in [1.54, 1.807) is 18.2 Å². The molecular formula is C25H28F3NO6S. The molecule has 1 saturated carbocycles. The molecule has 2 aromatic carbocycles. The average Bonchev–Trinajstić information content (AvgIpc) is 3.34. The molecule has 0 radical (unpaired) electrons. The molecule has 7 nitrogen and oxygen atoms in total. The van der Waals surface area contributed by atoms with Crippen molar-refractivity contribution in [3.8, 4) is 11.5 Å². The van der Waals surface area contributed by atoms with Crippen LogP contribution in [-0.2, 0) is 27.4 Å². The third-order valence-electron chi connectivity index (χ3n) is 6.71. The van der Waals surface area contributed by atoms with Gasteiger partial charge in [-0.3, -0.25) is 0 Å². The first-order valence-electron chi connectivity index (χ1n) is 11.8. The van der Waals surface area contributed by atoms with Gasteiger partial charge in [0.2, 0.25) is 10.0 Å². The number of aliphatic carboxylic acids is 1.